The number of benzene rings is 1. The van der Waals surface area contributed by atoms with Crippen molar-refractivity contribution in [1.29, 1.82) is 0 Å². The van der Waals surface area contributed by atoms with Gasteiger partial charge in [0.1, 0.15) is 15.8 Å². The summed E-state index contributed by atoms with van der Waals surface area (Å²) in [6.07, 6.45) is -7.61. The molecule has 6 nitrogen and oxygen atoms in total. The van der Waals surface area contributed by atoms with Crippen molar-refractivity contribution < 1.29 is 45.5 Å². The number of halogens is 6. The highest BCUT2D eigenvalue weighted by Crippen LogP contribution is 2.40. The van der Waals surface area contributed by atoms with Crippen LogP contribution in [0.15, 0.2) is 39.7 Å². The summed E-state index contributed by atoms with van der Waals surface area (Å²) >= 11 is 6.35. The van der Waals surface area contributed by atoms with Crippen molar-refractivity contribution in [3.05, 3.63) is 52.1 Å². The molecular formula is C23H18F6N2O4S2. The zero-order chi connectivity index (χ0) is 27.1. The van der Waals surface area contributed by atoms with Gasteiger partial charge in [0.25, 0.3) is 5.91 Å². The van der Waals surface area contributed by atoms with Gasteiger partial charge in [0, 0.05) is 30.8 Å². The average molecular weight is 565 g/mol. The largest absolute Gasteiger partial charge is 0.480 e. The van der Waals surface area contributed by atoms with Gasteiger partial charge in [-0.2, -0.15) is 26.3 Å². The van der Waals surface area contributed by atoms with Gasteiger partial charge in [-0.05, 0) is 43.2 Å². The predicted octanol–water partition coefficient (Wildman–Crippen LogP) is 5.73. The molecule has 2 aromatic rings. The Morgan fingerprint density at radius 1 is 1.08 bits per heavy atom. The molecule has 198 valence electrons. The number of thioether (sulfide) groups is 1. The molecule has 0 spiro atoms. The second kappa shape index (κ2) is 10.1. The first-order valence-electron chi connectivity index (χ1n) is 10.8. The molecule has 0 unspecified atom stereocenters. The molecule has 1 aromatic carbocycles. The maximum Gasteiger partial charge on any atom is 0.416 e. The highest BCUT2D eigenvalue weighted by molar-refractivity contribution is 8.26. The van der Waals surface area contributed by atoms with Crippen molar-refractivity contribution >= 4 is 46.3 Å². The smallest absolute Gasteiger partial charge is 0.416 e. The van der Waals surface area contributed by atoms with Crippen LogP contribution in [0.2, 0.25) is 0 Å². The molecule has 0 aliphatic carbocycles. The molecule has 2 aliphatic heterocycles. The van der Waals surface area contributed by atoms with Gasteiger partial charge >= 0.3 is 18.3 Å². The Balaban J connectivity index is 1.54. The Morgan fingerprint density at radius 2 is 1.68 bits per heavy atom. The van der Waals surface area contributed by atoms with Crippen molar-refractivity contribution in [2.75, 3.05) is 19.6 Å². The van der Waals surface area contributed by atoms with Crippen LogP contribution >= 0.6 is 24.0 Å². The molecule has 2 saturated heterocycles. The van der Waals surface area contributed by atoms with E-state index in [1.165, 1.54) is 23.1 Å². The summed E-state index contributed by atoms with van der Waals surface area (Å²) in [5.41, 5.74) is -3.35. The van der Waals surface area contributed by atoms with Crippen LogP contribution in [0, 0.1) is 0 Å². The molecule has 2 fully saturated rings. The average Bonchev–Trinajstić information content (AvgIpc) is 3.37. The van der Waals surface area contributed by atoms with Gasteiger partial charge in [-0.1, -0.05) is 24.0 Å². The number of carbonyl (C=O) groups is 2. The van der Waals surface area contributed by atoms with E-state index < -0.39 is 40.9 Å². The molecule has 0 bridgehead atoms. The number of hydrogen-bond acceptors (Lipinski definition) is 6. The Morgan fingerprint density at radius 3 is 2.22 bits per heavy atom. The van der Waals surface area contributed by atoms with E-state index in [0.29, 0.717) is 42.4 Å². The summed E-state index contributed by atoms with van der Waals surface area (Å²) < 4.78 is 84.9. The van der Waals surface area contributed by atoms with Crippen molar-refractivity contribution in [3.8, 4) is 11.3 Å². The molecule has 1 aromatic heterocycles. The van der Waals surface area contributed by atoms with E-state index >= 15 is 0 Å². The van der Waals surface area contributed by atoms with Crippen LogP contribution in [0.3, 0.4) is 0 Å². The molecule has 1 N–H and O–H groups in total. The number of likely N-dealkylation sites (tertiary alicyclic amines) is 1. The first-order valence-corrected chi connectivity index (χ1v) is 12.1. The van der Waals surface area contributed by atoms with E-state index in [1.54, 1.807) is 4.90 Å². The van der Waals surface area contributed by atoms with E-state index in [-0.39, 0.29) is 35.1 Å². The zero-order valence-corrected chi connectivity index (χ0v) is 20.4. The Labute approximate surface area is 215 Å². The van der Waals surface area contributed by atoms with E-state index in [1.807, 2.05) is 0 Å². The van der Waals surface area contributed by atoms with Gasteiger partial charge in [-0.25, -0.2) is 0 Å². The number of alkyl halides is 6. The Bertz CT molecular complexity index is 1230. The number of thiocarbonyl (C=S) groups is 1. The van der Waals surface area contributed by atoms with E-state index in [4.69, 9.17) is 21.7 Å². The maximum absolute atomic E-state index is 13.2. The Hall–Kier alpha value is -2.84. The number of nitrogens with zero attached hydrogens (tertiary/aromatic N) is 2. The fraction of sp³-hybridized carbons (Fsp3) is 0.348. The van der Waals surface area contributed by atoms with Gasteiger partial charge in [0.05, 0.1) is 22.6 Å². The van der Waals surface area contributed by atoms with Crippen LogP contribution in [0.1, 0.15) is 29.7 Å². The topological polar surface area (TPSA) is 74.0 Å². The predicted molar refractivity (Wildman–Crippen MR) is 126 cm³/mol. The second-order valence-corrected chi connectivity index (χ2v) is 10.1. The molecule has 1 amide bonds. The minimum Gasteiger partial charge on any atom is -0.480 e. The van der Waals surface area contributed by atoms with Gasteiger partial charge < -0.3 is 9.52 Å². The number of amides is 1. The molecule has 0 saturated carbocycles. The van der Waals surface area contributed by atoms with Crippen LogP contribution in [-0.2, 0) is 21.9 Å². The molecule has 2 aliphatic rings. The van der Waals surface area contributed by atoms with Crippen molar-refractivity contribution in [2.24, 2.45) is 0 Å². The lowest BCUT2D eigenvalue weighted by molar-refractivity contribution is -0.143. The summed E-state index contributed by atoms with van der Waals surface area (Å²) in [5, 5.41) is 8.93. The third kappa shape index (κ3) is 6.18. The number of furan rings is 1. The highest BCUT2D eigenvalue weighted by atomic mass is 32.2. The number of aliphatic carboxylic acids is 1. The number of carboxylic acids is 1. The molecule has 0 atom stereocenters. The van der Waals surface area contributed by atoms with Gasteiger partial charge in [-0.3, -0.25) is 19.4 Å². The SMILES string of the molecule is O=C(O)CN1CCC(N2C(=O)/C(=C/c3ccc(-c4cc(C(F)(F)F)cc(C(F)(F)F)c4)o3)SC2=S)CC1. The summed E-state index contributed by atoms with van der Waals surface area (Å²) in [7, 11) is 0. The maximum atomic E-state index is 13.2. The van der Waals surface area contributed by atoms with Crippen molar-refractivity contribution in [1.82, 2.24) is 9.80 Å². The first kappa shape index (κ1) is 27.2. The number of rotatable bonds is 5. The van der Waals surface area contributed by atoms with E-state index in [0.717, 1.165) is 11.8 Å². The number of piperidine rings is 1. The lowest BCUT2D eigenvalue weighted by Gasteiger charge is -2.35. The van der Waals surface area contributed by atoms with Crippen molar-refractivity contribution in [3.63, 3.8) is 0 Å². The Kier molecular flexibility index (Phi) is 7.45. The van der Waals surface area contributed by atoms with Crippen molar-refractivity contribution in [2.45, 2.75) is 31.2 Å². The van der Waals surface area contributed by atoms with Crippen LogP contribution < -0.4 is 0 Å². The fourth-order valence-electron chi connectivity index (χ4n) is 4.13. The molecule has 14 heteroatoms. The van der Waals surface area contributed by atoms with E-state index in [2.05, 4.69) is 0 Å². The summed E-state index contributed by atoms with van der Waals surface area (Å²) in [6.45, 7) is 0.860. The molecule has 3 heterocycles. The van der Waals surface area contributed by atoms with Gasteiger partial charge in [0.15, 0.2) is 0 Å². The quantitative estimate of drug-likeness (QED) is 0.282. The van der Waals surface area contributed by atoms with Crippen LogP contribution in [0.4, 0.5) is 26.3 Å². The standard InChI is InChI=1S/C23H18F6N2O4S2/c24-22(25,26)13-7-12(8-14(9-13)23(27,28)29)17-2-1-16(35-17)10-18-20(34)31(21(36)37-18)15-3-5-30(6-4-15)11-19(32)33/h1-2,7-10,15H,3-6,11H2,(H,32,33)/b18-10-. The lowest BCUT2D eigenvalue weighted by Crippen LogP contribution is -2.47. The van der Waals surface area contributed by atoms with Crippen LogP contribution in [0.25, 0.3) is 17.4 Å². The molecular weight excluding hydrogens is 546 g/mol. The summed E-state index contributed by atoms with van der Waals surface area (Å²) in [6, 6.07) is 3.49. The monoisotopic (exact) mass is 564 g/mol. The van der Waals surface area contributed by atoms with Gasteiger partial charge in [-0.15, -0.1) is 0 Å². The minimum atomic E-state index is -5.00. The van der Waals surface area contributed by atoms with Crippen LogP contribution in [-0.4, -0.2) is 56.8 Å². The van der Waals surface area contributed by atoms with Crippen LogP contribution in [0.5, 0.6) is 0 Å². The lowest BCUT2D eigenvalue weighted by atomic mass is 10.0. The molecule has 4 rings (SSSR count). The fourth-order valence-corrected chi connectivity index (χ4v) is 5.51. The second-order valence-electron chi connectivity index (χ2n) is 8.45. The summed E-state index contributed by atoms with van der Waals surface area (Å²) in [4.78, 5) is 27.3. The number of carboxylic acid groups (broad SMARTS) is 1. The number of hydrogen-bond donors (Lipinski definition) is 1. The number of carbonyl (C=O) groups excluding carboxylic acids is 1. The first-order chi connectivity index (χ1) is 17.2. The molecule has 0 radical (unpaired) electrons. The third-order valence-electron chi connectivity index (χ3n) is 5.88. The highest BCUT2D eigenvalue weighted by Gasteiger charge is 2.39. The minimum absolute atomic E-state index is 0.0326. The molecule has 37 heavy (non-hydrogen) atoms. The normalized spacial score (nSPS) is 19.3. The van der Waals surface area contributed by atoms with E-state index in [9.17, 15) is 35.9 Å². The zero-order valence-electron chi connectivity index (χ0n) is 18.7. The summed E-state index contributed by atoms with van der Waals surface area (Å²) in [5.74, 6) is -1.52. The third-order valence-corrected chi connectivity index (χ3v) is 7.21. The van der Waals surface area contributed by atoms with Gasteiger partial charge in [0.2, 0.25) is 0 Å².